The SMILES string of the molecule is C=C1NC2=C(C(=O)CCC2)C(c2cccc(Cl)c2Cl)C1C(=O)OCC. The van der Waals surface area contributed by atoms with Crippen LogP contribution in [0.5, 0.6) is 0 Å². The molecule has 0 spiro atoms. The maximum absolute atomic E-state index is 12.7. The second-order valence-corrected chi connectivity index (χ2v) is 6.95. The van der Waals surface area contributed by atoms with Gasteiger partial charge in [-0.2, -0.15) is 0 Å². The summed E-state index contributed by atoms with van der Waals surface area (Å²) < 4.78 is 5.24. The average molecular weight is 380 g/mol. The van der Waals surface area contributed by atoms with E-state index in [2.05, 4.69) is 11.9 Å². The van der Waals surface area contributed by atoms with Gasteiger partial charge in [0.05, 0.1) is 16.7 Å². The summed E-state index contributed by atoms with van der Waals surface area (Å²) in [5, 5.41) is 3.90. The van der Waals surface area contributed by atoms with Crippen LogP contribution in [-0.2, 0) is 14.3 Å². The van der Waals surface area contributed by atoms with Crippen molar-refractivity contribution in [1.82, 2.24) is 5.32 Å². The molecule has 3 rings (SSSR count). The first kappa shape index (κ1) is 18.0. The maximum atomic E-state index is 12.7. The van der Waals surface area contributed by atoms with Crippen molar-refractivity contribution in [1.29, 1.82) is 0 Å². The van der Waals surface area contributed by atoms with Crippen LogP contribution < -0.4 is 5.32 Å². The van der Waals surface area contributed by atoms with Crippen molar-refractivity contribution in [3.05, 3.63) is 57.4 Å². The van der Waals surface area contributed by atoms with Crippen LogP contribution in [0.2, 0.25) is 10.0 Å². The number of Topliss-reactive ketones (excluding diaryl/α,β-unsaturated/α-hetero) is 1. The van der Waals surface area contributed by atoms with Crippen LogP contribution >= 0.6 is 23.2 Å². The smallest absolute Gasteiger partial charge is 0.315 e. The summed E-state index contributed by atoms with van der Waals surface area (Å²) in [5.41, 5.74) is 2.59. The Labute approximate surface area is 156 Å². The average Bonchev–Trinajstić information content (AvgIpc) is 2.56. The van der Waals surface area contributed by atoms with Crippen molar-refractivity contribution in [2.45, 2.75) is 32.1 Å². The van der Waals surface area contributed by atoms with Crippen molar-refractivity contribution in [3.8, 4) is 0 Å². The standard InChI is InChI=1S/C19H19Cl2NO3/c1-3-25-19(24)15-10(2)22-13-8-5-9-14(23)17(13)16(15)11-6-4-7-12(20)18(11)21/h4,6-7,15-16,22H,2-3,5,8-9H2,1H3. The molecule has 25 heavy (non-hydrogen) atoms. The van der Waals surface area contributed by atoms with Gasteiger partial charge in [-0.3, -0.25) is 9.59 Å². The van der Waals surface area contributed by atoms with E-state index in [1.807, 2.05) is 0 Å². The third kappa shape index (κ3) is 3.21. The Bertz CT molecular complexity index is 785. The molecule has 132 valence electrons. The lowest BCUT2D eigenvalue weighted by atomic mass is 9.71. The first-order valence-corrected chi connectivity index (χ1v) is 9.03. The Kier molecular flexibility index (Phi) is 5.21. The lowest BCUT2D eigenvalue weighted by molar-refractivity contribution is -0.147. The van der Waals surface area contributed by atoms with E-state index in [1.54, 1.807) is 25.1 Å². The highest BCUT2D eigenvalue weighted by Gasteiger charge is 2.44. The molecule has 2 atom stereocenters. The number of halogens is 2. The molecule has 1 aliphatic heterocycles. The number of benzene rings is 1. The van der Waals surface area contributed by atoms with Gasteiger partial charge in [0.2, 0.25) is 0 Å². The van der Waals surface area contributed by atoms with Gasteiger partial charge in [0.1, 0.15) is 5.92 Å². The molecule has 1 aliphatic carbocycles. The highest BCUT2D eigenvalue weighted by atomic mass is 35.5. The minimum atomic E-state index is -0.725. The second-order valence-electron chi connectivity index (χ2n) is 6.17. The lowest BCUT2D eigenvalue weighted by Gasteiger charge is -2.38. The Morgan fingerprint density at radius 3 is 2.84 bits per heavy atom. The fraction of sp³-hybridized carbons (Fsp3) is 0.368. The zero-order chi connectivity index (χ0) is 18.1. The summed E-state index contributed by atoms with van der Waals surface area (Å²) >= 11 is 12.6. The minimum Gasteiger partial charge on any atom is -0.465 e. The fourth-order valence-electron chi connectivity index (χ4n) is 3.60. The van der Waals surface area contributed by atoms with Crippen LogP contribution in [0.15, 0.2) is 41.7 Å². The maximum Gasteiger partial charge on any atom is 0.315 e. The van der Waals surface area contributed by atoms with Crippen LogP contribution in [0.3, 0.4) is 0 Å². The van der Waals surface area contributed by atoms with Gasteiger partial charge in [-0.1, -0.05) is 41.9 Å². The van der Waals surface area contributed by atoms with Crippen molar-refractivity contribution in [2.75, 3.05) is 6.61 Å². The molecule has 6 heteroatoms. The molecule has 0 aromatic heterocycles. The molecular weight excluding hydrogens is 361 g/mol. The number of carbonyl (C=O) groups is 2. The summed E-state index contributed by atoms with van der Waals surface area (Å²) in [5.74, 6) is -1.67. The van der Waals surface area contributed by atoms with Crippen molar-refractivity contribution >= 4 is 35.0 Å². The number of allylic oxidation sites excluding steroid dienone is 2. The van der Waals surface area contributed by atoms with Crippen molar-refractivity contribution in [3.63, 3.8) is 0 Å². The predicted molar refractivity (Wildman–Crippen MR) is 97.5 cm³/mol. The highest BCUT2D eigenvalue weighted by Crippen LogP contribution is 2.47. The van der Waals surface area contributed by atoms with E-state index < -0.39 is 17.8 Å². The molecule has 1 aromatic carbocycles. The van der Waals surface area contributed by atoms with E-state index in [0.29, 0.717) is 33.3 Å². The highest BCUT2D eigenvalue weighted by molar-refractivity contribution is 6.42. The normalized spacial score (nSPS) is 23.2. The van der Waals surface area contributed by atoms with E-state index >= 15 is 0 Å². The largest absolute Gasteiger partial charge is 0.465 e. The Hall–Kier alpha value is -1.78. The second kappa shape index (κ2) is 7.22. The number of nitrogens with one attached hydrogen (secondary N) is 1. The van der Waals surface area contributed by atoms with E-state index in [0.717, 1.165) is 18.5 Å². The van der Waals surface area contributed by atoms with Gasteiger partial charge in [-0.25, -0.2) is 0 Å². The molecule has 4 nitrogen and oxygen atoms in total. The van der Waals surface area contributed by atoms with Gasteiger partial charge < -0.3 is 10.1 Å². The van der Waals surface area contributed by atoms with E-state index in [9.17, 15) is 9.59 Å². The Morgan fingerprint density at radius 1 is 1.36 bits per heavy atom. The molecular formula is C19H19Cl2NO3. The summed E-state index contributed by atoms with van der Waals surface area (Å²) in [6.45, 7) is 6.00. The minimum absolute atomic E-state index is 0.0246. The number of rotatable bonds is 3. The quantitative estimate of drug-likeness (QED) is 0.791. The van der Waals surface area contributed by atoms with Crippen molar-refractivity contribution < 1.29 is 14.3 Å². The molecule has 1 N–H and O–H groups in total. The van der Waals surface area contributed by atoms with E-state index in [1.165, 1.54) is 0 Å². The van der Waals surface area contributed by atoms with Crippen LogP contribution in [0.4, 0.5) is 0 Å². The fourth-order valence-corrected chi connectivity index (χ4v) is 4.03. The Balaban J connectivity index is 2.20. The number of hydrogen-bond donors (Lipinski definition) is 1. The van der Waals surface area contributed by atoms with E-state index in [4.69, 9.17) is 27.9 Å². The Morgan fingerprint density at radius 2 is 2.12 bits per heavy atom. The molecule has 0 saturated heterocycles. The molecule has 0 bridgehead atoms. The number of carbonyl (C=O) groups excluding carboxylic acids is 2. The van der Waals surface area contributed by atoms with Gasteiger partial charge >= 0.3 is 5.97 Å². The molecule has 0 fully saturated rings. The van der Waals surface area contributed by atoms with Gasteiger partial charge in [0.15, 0.2) is 5.78 Å². The van der Waals surface area contributed by atoms with Gasteiger partial charge in [0.25, 0.3) is 0 Å². The van der Waals surface area contributed by atoms with Crippen molar-refractivity contribution in [2.24, 2.45) is 5.92 Å². The molecule has 0 radical (unpaired) electrons. The van der Waals surface area contributed by atoms with Gasteiger partial charge in [-0.15, -0.1) is 0 Å². The third-order valence-corrected chi connectivity index (χ3v) is 5.48. The first-order chi connectivity index (χ1) is 12.0. The molecule has 2 aliphatic rings. The first-order valence-electron chi connectivity index (χ1n) is 8.28. The van der Waals surface area contributed by atoms with Crippen LogP contribution in [0.1, 0.15) is 37.7 Å². The zero-order valence-corrected chi connectivity index (χ0v) is 15.4. The van der Waals surface area contributed by atoms with Crippen LogP contribution in [0, 0.1) is 5.92 Å². The molecule has 2 unspecified atom stereocenters. The summed E-state index contributed by atoms with van der Waals surface area (Å²) in [4.78, 5) is 25.3. The number of ether oxygens (including phenoxy) is 1. The predicted octanol–water partition coefficient (Wildman–Crippen LogP) is 4.38. The zero-order valence-electron chi connectivity index (χ0n) is 13.9. The summed E-state index contributed by atoms with van der Waals surface area (Å²) in [6, 6.07) is 5.25. The monoisotopic (exact) mass is 379 g/mol. The summed E-state index contributed by atoms with van der Waals surface area (Å²) in [6.07, 6.45) is 1.97. The number of ketones is 1. The van der Waals surface area contributed by atoms with E-state index in [-0.39, 0.29) is 12.4 Å². The van der Waals surface area contributed by atoms with Gasteiger partial charge in [0, 0.05) is 29.3 Å². The molecule has 0 amide bonds. The molecule has 1 heterocycles. The summed E-state index contributed by atoms with van der Waals surface area (Å²) in [7, 11) is 0. The molecule has 0 saturated carbocycles. The van der Waals surface area contributed by atoms with Crippen LogP contribution in [0.25, 0.3) is 0 Å². The topological polar surface area (TPSA) is 55.4 Å². The number of hydrogen-bond acceptors (Lipinski definition) is 4. The number of esters is 1. The third-order valence-electron chi connectivity index (χ3n) is 4.64. The van der Waals surface area contributed by atoms with Crippen LogP contribution in [-0.4, -0.2) is 18.4 Å². The molecule has 1 aromatic rings. The van der Waals surface area contributed by atoms with Gasteiger partial charge in [-0.05, 0) is 31.4 Å². The lowest BCUT2D eigenvalue weighted by Crippen LogP contribution is -2.41.